The summed E-state index contributed by atoms with van der Waals surface area (Å²) in [6.07, 6.45) is 0.671. The van der Waals surface area contributed by atoms with Gasteiger partial charge in [-0.2, -0.15) is 4.31 Å². The maximum atomic E-state index is 12.4. The number of thiophene rings is 1. The van der Waals surface area contributed by atoms with Crippen molar-refractivity contribution in [2.45, 2.75) is 10.6 Å². The van der Waals surface area contributed by atoms with E-state index in [1.807, 2.05) is 30.3 Å². The molecule has 0 aliphatic rings. The zero-order chi connectivity index (χ0) is 15.5. The molecule has 0 spiro atoms. The van der Waals surface area contributed by atoms with Crippen LogP contribution in [0.4, 0.5) is 0 Å². The van der Waals surface area contributed by atoms with Crippen molar-refractivity contribution in [3.8, 4) is 0 Å². The average molecular weight is 340 g/mol. The van der Waals surface area contributed by atoms with Crippen LogP contribution in [0.5, 0.6) is 0 Å². The predicted molar refractivity (Wildman–Crippen MR) is 90.2 cm³/mol. The van der Waals surface area contributed by atoms with Crippen LogP contribution in [-0.4, -0.2) is 31.3 Å². The van der Waals surface area contributed by atoms with E-state index in [4.69, 9.17) is 18.0 Å². The number of hydrogen-bond acceptors (Lipinski definition) is 4. The van der Waals surface area contributed by atoms with Crippen LogP contribution in [-0.2, 0) is 16.4 Å². The minimum atomic E-state index is -3.49. The molecule has 21 heavy (non-hydrogen) atoms. The van der Waals surface area contributed by atoms with E-state index in [-0.39, 0.29) is 9.20 Å². The highest BCUT2D eigenvalue weighted by Crippen LogP contribution is 2.24. The van der Waals surface area contributed by atoms with Crippen LogP contribution in [0.2, 0.25) is 0 Å². The van der Waals surface area contributed by atoms with Crippen molar-refractivity contribution in [2.24, 2.45) is 5.73 Å². The Balaban J connectivity index is 2.09. The Morgan fingerprint density at radius 3 is 2.48 bits per heavy atom. The molecule has 1 aromatic carbocycles. The van der Waals surface area contributed by atoms with E-state index >= 15 is 0 Å². The Hall–Kier alpha value is -1.28. The highest BCUT2D eigenvalue weighted by Gasteiger charge is 2.22. The van der Waals surface area contributed by atoms with Gasteiger partial charge >= 0.3 is 0 Å². The van der Waals surface area contributed by atoms with Crippen LogP contribution in [0.25, 0.3) is 0 Å². The van der Waals surface area contributed by atoms with Gasteiger partial charge in [-0.25, -0.2) is 8.42 Å². The molecule has 0 aliphatic heterocycles. The third kappa shape index (κ3) is 3.88. The maximum Gasteiger partial charge on any atom is 0.252 e. The molecular weight excluding hydrogens is 324 g/mol. The van der Waals surface area contributed by atoms with Crippen LogP contribution in [0, 0.1) is 0 Å². The molecule has 0 aliphatic carbocycles. The summed E-state index contributed by atoms with van der Waals surface area (Å²) in [7, 11) is -1.90. The molecule has 1 heterocycles. The molecule has 0 saturated carbocycles. The maximum absolute atomic E-state index is 12.4. The third-order valence-electron chi connectivity index (χ3n) is 3.05. The van der Waals surface area contributed by atoms with E-state index in [2.05, 4.69) is 0 Å². The summed E-state index contributed by atoms with van der Waals surface area (Å²) in [6, 6.07) is 13.0. The van der Waals surface area contributed by atoms with E-state index in [0.717, 1.165) is 16.9 Å². The molecule has 0 unspecified atom stereocenters. The number of nitrogens with two attached hydrogens (primary N) is 1. The molecular formula is C14H16N2O2S3. The number of rotatable bonds is 6. The number of sulfonamides is 1. The van der Waals surface area contributed by atoms with Gasteiger partial charge in [0.15, 0.2) is 0 Å². The smallest absolute Gasteiger partial charge is 0.252 e. The second-order valence-corrected chi connectivity index (χ2v) is 8.34. The monoisotopic (exact) mass is 340 g/mol. The molecule has 7 heteroatoms. The summed E-state index contributed by atoms with van der Waals surface area (Å²) in [6.45, 7) is 0.423. The molecule has 0 fully saturated rings. The highest BCUT2D eigenvalue weighted by atomic mass is 32.2. The molecule has 4 nitrogen and oxygen atoms in total. The first kappa shape index (κ1) is 16.1. The van der Waals surface area contributed by atoms with Crippen molar-refractivity contribution in [1.82, 2.24) is 4.31 Å². The van der Waals surface area contributed by atoms with Crippen molar-refractivity contribution in [3.05, 3.63) is 52.9 Å². The van der Waals surface area contributed by atoms with E-state index < -0.39 is 10.0 Å². The van der Waals surface area contributed by atoms with Crippen molar-refractivity contribution >= 4 is 38.6 Å². The third-order valence-corrected chi connectivity index (χ3v) is 6.84. The van der Waals surface area contributed by atoms with E-state index in [1.54, 1.807) is 19.2 Å². The van der Waals surface area contributed by atoms with Crippen molar-refractivity contribution in [3.63, 3.8) is 0 Å². The number of hydrogen-bond donors (Lipinski definition) is 1. The predicted octanol–water partition coefficient (Wildman–Crippen LogP) is 2.25. The van der Waals surface area contributed by atoms with Gasteiger partial charge in [0, 0.05) is 13.6 Å². The molecule has 112 valence electrons. The standard InChI is InChI=1S/C14H16N2O2S3/c1-16(10-9-11-5-3-2-4-6-11)21(17,18)13-8-7-12(20-13)14(15)19/h2-8H,9-10H2,1H3,(H2,15,19). The van der Waals surface area contributed by atoms with E-state index in [9.17, 15) is 8.42 Å². The second kappa shape index (κ2) is 6.65. The van der Waals surface area contributed by atoms with Crippen molar-refractivity contribution in [2.75, 3.05) is 13.6 Å². The second-order valence-electron chi connectivity index (χ2n) is 4.55. The lowest BCUT2D eigenvalue weighted by Crippen LogP contribution is -2.28. The summed E-state index contributed by atoms with van der Waals surface area (Å²) in [5.74, 6) is 0. The van der Waals surface area contributed by atoms with Crippen LogP contribution in [0.3, 0.4) is 0 Å². The molecule has 0 radical (unpaired) electrons. The van der Waals surface area contributed by atoms with Gasteiger partial charge in [-0.15, -0.1) is 11.3 Å². The highest BCUT2D eigenvalue weighted by molar-refractivity contribution is 7.91. The first-order valence-corrected chi connectivity index (χ1v) is 8.97. The van der Waals surface area contributed by atoms with Gasteiger partial charge in [-0.05, 0) is 24.1 Å². The fraction of sp³-hybridized carbons (Fsp3) is 0.214. The average Bonchev–Trinajstić information content (AvgIpc) is 2.96. The van der Waals surface area contributed by atoms with Gasteiger partial charge in [-0.3, -0.25) is 0 Å². The summed E-state index contributed by atoms with van der Waals surface area (Å²) in [5, 5.41) is 0. The van der Waals surface area contributed by atoms with Gasteiger partial charge in [-0.1, -0.05) is 42.5 Å². The number of thiocarbonyl (C=S) groups is 1. The Morgan fingerprint density at radius 1 is 1.24 bits per heavy atom. The molecule has 0 bridgehead atoms. The molecule has 0 atom stereocenters. The summed E-state index contributed by atoms with van der Waals surface area (Å²) < 4.78 is 26.5. The Bertz CT molecular complexity index is 724. The lowest BCUT2D eigenvalue weighted by molar-refractivity contribution is 0.474. The molecule has 1 aromatic heterocycles. The molecule has 2 N–H and O–H groups in total. The number of benzene rings is 1. The zero-order valence-corrected chi connectivity index (χ0v) is 14.0. The van der Waals surface area contributed by atoms with Gasteiger partial charge < -0.3 is 5.73 Å². The number of likely N-dealkylation sites (N-methyl/N-ethyl adjacent to an activating group) is 1. The van der Waals surface area contributed by atoms with Gasteiger partial charge in [0.25, 0.3) is 10.0 Å². The molecule has 0 amide bonds. The zero-order valence-electron chi connectivity index (χ0n) is 11.5. The lowest BCUT2D eigenvalue weighted by atomic mass is 10.2. The summed E-state index contributed by atoms with van der Waals surface area (Å²) in [4.78, 5) is 0.827. The molecule has 2 rings (SSSR count). The Kier molecular flexibility index (Phi) is 5.10. The first-order valence-electron chi connectivity index (χ1n) is 6.31. The first-order chi connectivity index (χ1) is 9.91. The normalized spacial score (nSPS) is 11.7. The van der Waals surface area contributed by atoms with E-state index in [1.165, 1.54) is 4.31 Å². The van der Waals surface area contributed by atoms with Crippen molar-refractivity contribution < 1.29 is 8.42 Å². The number of nitrogens with zero attached hydrogens (tertiary/aromatic N) is 1. The van der Waals surface area contributed by atoms with Crippen LogP contribution in [0.1, 0.15) is 10.4 Å². The Labute approximate surface area is 134 Å². The van der Waals surface area contributed by atoms with Gasteiger partial charge in [0.2, 0.25) is 0 Å². The topological polar surface area (TPSA) is 63.4 Å². The molecule has 0 saturated heterocycles. The van der Waals surface area contributed by atoms with Crippen LogP contribution in [0.15, 0.2) is 46.7 Å². The fourth-order valence-corrected chi connectivity index (χ4v) is 4.53. The molecule has 2 aromatic rings. The van der Waals surface area contributed by atoms with Crippen LogP contribution < -0.4 is 5.73 Å². The van der Waals surface area contributed by atoms with Gasteiger partial charge in [0.05, 0.1) is 4.88 Å². The van der Waals surface area contributed by atoms with Crippen LogP contribution >= 0.6 is 23.6 Å². The quantitative estimate of drug-likeness (QED) is 0.819. The minimum Gasteiger partial charge on any atom is -0.389 e. The fourth-order valence-electron chi connectivity index (χ4n) is 1.80. The lowest BCUT2D eigenvalue weighted by Gasteiger charge is -2.15. The Morgan fingerprint density at radius 2 is 1.90 bits per heavy atom. The van der Waals surface area contributed by atoms with Gasteiger partial charge in [0.1, 0.15) is 9.20 Å². The minimum absolute atomic E-state index is 0.216. The largest absolute Gasteiger partial charge is 0.389 e. The van der Waals surface area contributed by atoms with E-state index in [0.29, 0.717) is 17.8 Å². The summed E-state index contributed by atoms with van der Waals surface area (Å²) in [5.41, 5.74) is 6.62. The summed E-state index contributed by atoms with van der Waals surface area (Å²) >= 11 is 5.96. The van der Waals surface area contributed by atoms with Crippen molar-refractivity contribution in [1.29, 1.82) is 0 Å². The SMILES string of the molecule is CN(CCc1ccccc1)S(=O)(=O)c1ccc(C(N)=S)s1.